The molecule has 2 amide bonds. The first-order chi connectivity index (χ1) is 10.4. The predicted molar refractivity (Wildman–Crippen MR) is 87.6 cm³/mol. The maximum atomic E-state index is 12.6. The molecule has 1 aromatic carbocycles. The van der Waals surface area contributed by atoms with Gasteiger partial charge in [0.1, 0.15) is 16.2 Å². The van der Waals surface area contributed by atoms with Crippen LogP contribution in [0.2, 0.25) is 0 Å². The van der Waals surface area contributed by atoms with E-state index >= 15 is 0 Å². The predicted octanol–water partition coefficient (Wildman–Crippen LogP) is 1.14. The first-order valence-electron chi connectivity index (χ1n) is 7.04. The van der Waals surface area contributed by atoms with E-state index in [0.717, 1.165) is 5.56 Å². The van der Waals surface area contributed by atoms with Crippen molar-refractivity contribution in [2.45, 2.75) is 41.4 Å². The average Bonchev–Trinajstić information content (AvgIpc) is 2.70. The van der Waals surface area contributed by atoms with Crippen molar-refractivity contribution in [3.8, 4) is 0 Å². The van der Waals surface area contributed by atoms with E-state index in [1.54, 1.807) is 13.8 Å². The Morgan fingerprint density at radius 1 is 1.36 bits per heavy atom. The lowest BCUT2D eigenvalue weighted by Crippen LogP contribution is -2.65. The molecule has 0 spiro atoms. The summed E-state index contributed by atoms with van der Waals surface area (Å²) in [6.07, 6.45) is 0. The Labute approximate surface area is 140 Å². The molecule has 2 heterocycles. The van der Waals surface area contributed by atoms with Crippen molar-refractivity contribution < 1.29 is 13.8 Å². The smallest absolute Gasteiger partial charge is 0.244 e. The molecular formula is C15H17BrN2O3S. The molecule has 0 saturated carbocycles. The van der Waals surface area contributed by atoms with E-state index in [9.17, 15) is 13.8 Å². The Bertz CT molecular complexity index is 649. The number of rotatable bonds is 3. The number of fused-ring (bicyclic) bond motifs is 1. The van der Waals surface area contributed by atoms with Crippen molar-refractivity contribution in [2.24, 2.45) is 0 Å². The monoisotopic (exact) mass is 384 g/mol. The quantitative estimate of drug-likeness (QED) is 0.627. The van der Waals surface area contributed by atoms with E-state index in [4.69, 9.17) is 0 Å². The maximum absolute atomic E-state index is 12.6. The van der Waals surface area contributed by atoms with Gasteiger partial charge in [-0.25, -0.2) is 0 Å². The molecule has 0 bridgehead atoms. The number of hydrogen-bond acceptors (Lipinski definition) is 3. The van der Waals surface area contributed by atoms with Crippen LogP contribution in [0.25, 0.3) is 0 Å². The Morgan fingerprint density at radius 2 is 2.00 bits per heavy atom. The van der Waals surface area contributed by atoms with Crippen molar-refractivity contribution in [1.82, 2.24) is 10.2 Å². The van der Waals surface area contributed by atoms with Crippen LogP contribution in [0.3, 0.4) is 0 Å². The van der Waals surface area contributed by atoms with E-state index in [0.29, 0.717) is 6.54 Å². The molecule has 22 heavy (non-hydrogen) atoms. The molecule has 2 aliphatic heterocycles. The first kappa shape index (κ1) is 15.7. The molecule has 4 atom stereocenters. The van der Waals surface area contributed by atoms with Gasteiger partial charge in [-0.2, -0.15) is 0 Å². The summed E-state index contributed by atoms with van der Waals surface area (Å²) in [7, 11) is -1.27. The number of carbonyl (C=O) groups is 2. The average molecular weight is 385 g/mol. The van der Waals surface area contributed by atoms with Gasteiger partial charge in [0.2, 0.25) is 11.8 Å². The molecule has 118 valence electrons. The first-order valence-corrected chi connectivity index (χ1v) is 9.17. The molecule has 0 aliphatic carbocycles. The molecule has 2 saturated heterocycles. The maximum Gasteiger partial charge on any atom is 0.244 e. The Hall–Kier alpha value is -1.21. The summed E-state index contributed by atoms with van der Waals surface area (Å²) >= 11 is 3.26. The zero-order valence-electron chi connectivity index (χ0n) is 12.3. The number of nitrogens with one attached hydrogen (secondary N) is 1. The van der Waals surface area contributed by atoms with Crippen LogP contribution in [0.5, 0.6) is 0 Å². The molecule has 1 aromatic rings. The van der Waals surface area contributed by atoms with E-state index in [1.807, 2.05) is 30.3 Å². The van der Waals surface area contributed by atoms with Gasteiger partial charge in [0.05, 0.1) is 15.5 Å². The summed E-state index contributed by atoms with van der Waals surface area (Å²) in [5.74, 6) is -0.416. The minimum atomic E-state index is -1.27. The highest BCUT2D eigenvalue weighted by atomic mass is 79.9. The summed E-state index contributed by atoms with van der Waals surface area (Å²) < 4.78 is 11.8. The van der Waals surface area contributed by atoms with Crippen LogP contribution >= 0.6 is 15.9 Å². The summed E-state index contributed by atoms with van der Waals surface area (Å²) in [5.41, 5.74) is 0.984. The topological polar surface area (TPSA) is 66.5 Å². The largest absolute Gasteiger partial charge is 0.350 e. The fraction of sp³-hybridized carbons (Fsp3) is 0.467. The molecule has 1 N–H and O–H groups in total. The van der Waals surface area contributed by atoms with Crippen LogP contribution in [-0.4, -0.2) is 41.9 Å². The second kappa shape index (κ2) is 5.45. The molecule has 2 aliphatic rings. The van der Waals surface area contributed by atoms with Gasteiger partial charge in [-0.05, 0) is 19.4 Å². The molecule has 7 heteroatoms. The highest BCUT2D eigenvalue weighted by molar-refractivity contribution is 9.10. The lowest BCUT2D eigenvalue weighted by molar-refractivity contribution is -0.148. The summed E-state index contributed by atoms with van der Waals surface area (Å²) in [6.45, 7) is 3.95. The Balaban J connectivity index is 1.77. The van der Waals surface area contributed by atoms with Crippen LogP contribution in [0.15, 0.2) is 30.3 Å². The fourth-order valence-electron chi connectivity index (χ4n) is 3.01. The summed E-state index contributed by atoms with van der Waals surface area (Å²) in [6, 6.07) is 8.87. The number of alkyl halides is 1. The highest BCUT2D eigenvalue weighted by Gasteiger charge is 2.66. The second-order valence-corrected chi connectivity index (χ2v) is 9.16. The Morgan fingerprint density at radius 3 is 2.64 bits per heavy atom. The van der Waals surface area contributed by atoms with E-state index in [-0.39, 0.29) is 11.8 Å². The minimum absolute atomic E-state index is 0.163. The zero-order valence-corrected chi connectivity index (χ0v) is 14.7. The van der Waals surface area contributed by atoms with Crippen molar-refractivity contribution in [2.75, 3.05) is 0 Å². The number of hydrogen-bond donors (Lipinski definition) is 1. The molecule has 0 aromatic heterocycles. The molecule has 0 radical (unpaired) electrons. The normalized spacial score (nSPS) is 32.3. The number of benzene rings is 1. The van der Waals surface area contributed by atoms with Gasteiger partial charge >= 0.3 is 0 Å². The van der Waals surface area contributed by atoms with Gasteiger partial charge in [-0.15, -0.1) is 0 Å². The number of carbonyl (C=O) groups excluding carboxylic acids is 2. The van der Waals surface area contributed by atoms with Gasteiger partial charge in [0, 0.05) is 6.54 Å². The van der Waals surface area contributed by atoms with Crippen molar-refractivity contribution in [1.29, 1.82) is 0 Å². The van der Waals surface area contributed by atoms with E-state index < -0.39 is 31.8 Å². The van der Waals surface area contributed by atoms with Crippen LogP contribution in [-0.2, 0) is 26.9 Å². The molecule has 3 rings (SSSR count). The lowest BCUT2D eigenvalue weighted by atomic mass is 9.97. The number of amides is 2. The standard InChI is InChI=1S/C15H17BrN2O3S/c1-15(2)11(18-13(20)10(16)14(18)22(15)21)12(19)17-8-9-6-4-3-5-7-9/h3-7,10-11,14H,8H2,1-2H3,(H,17,19)/t10-,11+,14-,22-/m1/s1. The number of β-lactam (4-membered cyclic amide) rings is 1. The molecule has 5 nitrogen and oxygen atoms in total. The van der Waals surface area contributed by atoms with Crippen LogP contribution in [0, 0.1) is 0 Å². The highest BCUT2D eigenvalue weighted by Crippen LogP contribution is 2.45. The third kappa shape index (κ3) is 2.22. The van der Waals surface area contributed by atoms with Crippen LogP contribution in [0.1, 0.15) is 19.4 Å². The van der Waals surface area contributed by atoms with E-state index in [2.05, 4.69) is 21.2 Å². The van der Waals surface area contributed by atoms with Crippen molar-refractivity contribution in [3.05, 3.63) is 35.9 Å². The molecule has 2 fully saturated rings. The third-order valence-corrected chi connectivity index (χ3v) is 7.69. The number of nitrogens with zero attached hydrogens (tertiary/aromatic N) is 1. The lowest BCUT2D eigenvalue weighted by Gasteiger charge is -2.41. The Kier molecular flexibility index (Phi) is 3.89. The zero-order chi connectivity index (χ0) is 16.1. The van der Waals surface area contributed by atoms with Gasteiger partial charge < -0.3 is 10.2 Å². The van der Waals surface area contributed by atoms with E-state index in [1.165, 1.54) is 4.90 Å². The number of halogens is 1. The van der Waals surface area contributed by atoms with Gasteiger partial charge in [0.25, 0.3) is 0 Å². The minimum Gasteiger partial charge on any atom is -0.350 e. The van der Waals surface area contributed by atoms with Gasteiger partial charge in [0.15, 0.2) is 0 Å². The molecular weight excluding hydrogens is 368 g/mol. The fourth-order valence-corrected chi connectivity index (χ4v) is 5.92. The summed E-state index contributed by atoms with van der Waals surface area (Å²) in [5, 5.41) is 2.45. The van der Waals surface area contributed by atoms with Crippen molar-refractivity contribution >= 4 is 38.5 Å². The van der Waals surface area contributed by atoms with Crippen LogP contribution < -0.4 is 5.32 Å². The second-order valence-electron chi connectivity index (χ2n) is 6.04. The molecule has 0 unspecified atom stereocenters. The summed E-state index contributed by atoms with van der Waals surface area (Å²) in [4.78, 5) is 25.6. The SMILES string of the molecule is CC1(C)[C@H](C(=O)NCc2ccccc2)N2C(=O)[C@@H](Br)[C@H]2[S@]1=O. The third-order valence-electron chi connectivity index (χ3n) is 4.25. The van der Waals surface area contributed by atoms with Crippen LogP contribution in [0.4, 0.5) is 0 Å². The van der Waals surface area contributed by atoms with Gasteiger partial charge in [-0.3, -0.25) is 13.8 Å². The van der Waals surface area contributed by atoms with Crippen molar-refractivity contribution in [3.63, 3.8) is 0 Å². The van der Waals surface area contributed by atoms with Gasteiger partial charge in [-0.1, -0.05) is 46.3 Å².